The summed E-state index contributed by atoms with van der Waals surface area (Å²) in [5.41, 5.74) is 4.72. The molecule has 1 atom stereocenters. The molecule has 0 bridgehead atoms. The van der Waals surface area contributed by atoms with Gasteiger partial charge in [-0.2, -0.15) is 30.7 Å². The first-order valence-corrected chi connectivity index (χ1v) is 9.73. The minimum absolute atomic E-state index is 0.0369. The van der Waals surface area contributed by atoms with E-state index in [-0.39, 0.29) is 22.8 Å². The molecule has 0 saturated carbocycles. The van der Waals surface area contributed by atoms with E-state index >= 15 is 0 Å². The highest BCUT2D eigenvalue weighted by Crippen LogP contribution is 2.38. The molecule has 0 saturated heterocycles. The molecule has 0 aliphatic rings. The fraction of sp³-hybridized carbons (Fsp3) is 0.273. The first-order valence-electron chi connectivity index (χ1n) is 9.73. The molecular weight excluding hydrogens is 469 g/mol. The maximum atomic E-state index is 13.5. The monoisotopic (exact) mass is 490 g/mol. The van der Waals surface area contributed by atoms with Gasteiger partial charge in [0.1, 0.15) is 0 Å². The van der Waals surface area contributed by atoms with Crippen molar-refractivity contribution >= 4 is 11.5 Å². The van der Waals surface area contributed by atoms with Gasteiger partial charge in [-0.1, -0.05) is 20.4 Å². The fourth-order valence-corrected chi connectivity index (χ4v) is 3.06. The van der Waals surface area contributed by atoms with Crippen molar-refractivity contribution in [1.29, 1.82) is 0 Å². The largest absolute Gasteiger partial charge is 0.416 e. The number of nitrogens with one attached hydrogen (secondary N) is 1. The van der Waals surface area contributed by atoms with Crippen LogP contribution in [0.15, 0.2) is 55.5 Å². The summed E-state index contributed by atoms with van der Waals surface area (Å²) in [6.07, 6.45) is -6.72. The number of halogens is 7. The van der Waals surface area contributed by atoms with Crippen molar-refractivity contribution in [3.8, 4) is 0 Å². The zero-order chi connectivity index (χ0) is 25.8. The second-order valence-corrected chi connectivity index (χ2v) is 7.55. The Bertz CT molecular complexity index is 1050. The van der Waals surface area contributed by atoms with E-state index in [1.807, 2.05) is 0 Å². The van der Waals surface area contributed by atoms with Crippen LogP contribution in [0.1, 0.15) is 42.1 Å². The minimum atomic E-state index is -5.01. The number of rotatable bonds is 8. The Hall–Kier alpha value is -3.41. The van der Waals surface area contributed by atoms with Crippen LogP contribution < -0.4 is 11.2 Å². The quantitative estimate of drug-likeness (QED) is 0.224. The molecule has 1 aromatic heterocycles. The van der Waals surface area contributed by atoms with E-state index in [0.29, 0.717) is 12.1 Å². The molecule has 2 rings (SSSR count). The number of aromatic nitrogens is 1. The van der Waals surface area contributed by atoms with E-state index < -0.39 is 47.3 Å². The van der Waals surface area contributed by atoms with Gasteiger partial charge in [-0.3, -0.25) is 9.80 Å². The van der Waals surface area contributed by atoms with Crippen LogP contribution in [0.25, 0.3) is 5.57 Å². The van der Waals surface area contributed by atoms with Gasteiger partial charge >= 0.3 is 12.4 Å². The molecule has 12 heteroatoms. The number of carbonyl (C=O) groups excluding carboxylic acids is 1. The third-order valence-electron chi connectivity index (χ3n) is 4.69. The Kier molecular flexibility index (Phi) is 8.09. The molecule has 3 N–H and O–H groups in total. The number of primary amides is 1. The summed E-state index contributed by atoms with van der Waals surface area (Å²) < 4.78 is 93.3. The Labute approximate surface area is 190 Å². The van der Waals surface area contributed by atoms with Gasteiger partial charge in [-0.25, -0.2) is 10.4 Å². The van der Waals surface area contributed by atoms with Crippen LogP contribution in [0.5, 0.6) is 0 Å². The summed E-state index contributed by atoms with van der Waals surface area (Å²) in [6.45, 7) is 6.67. The lowest BCUT2D eigenvalue weighted by molar-refractivity contribution is -0.143. The molecule has 0 aliphatic carbocycles. The maximum absolute atomic E-state index is 13.5. The van der Waals surface area contributed by atoms with Crippen molar-refractivity contribution in [3.05, 3.63) is 83.7 Å². The topological polar surface area (TPSA) is 71.2 Å². The summed E-state index contributed by atoms with van der Waals surface area (Å²) in [6, 6.07) is 2.41. The highest BCUT2D eigenvalue weighted by atomic mass is 19.4. The van der Waals surface area contributed by atoms with E-state index in [4.69, 9.17) is 5.73 Å². The van der Waals surface area contributed by atoms with Crippen molar-refractivity contribution in [2.24, 2.45) is 11.7 Å². The van der Waals surface area contributed by atoms with E-state index in [9.17, 15) is 35.5 Å². The highest BCUT2D eigenvalue weighted by molar-refractivity contribution is 6.18. The van der Waals surface area contributed by atoms with Crippen LogP contribution in [-0.2, 0) is 17.1 Å². The van der Waals surface area contributed by atoms with E-state index in [2.05, 4.69) is 17.0 Å². The molecule has 0 aliphatic heterocycles. The Morgan fingerprint density at radius 1 is 1.09 bits per heavy atom. The average molecular weight is 490 g/mol. The number of hydrazine groups is 1. The smallest absolute Gasteiger partial charge is 0.366 e. The van der Waals surface area contributed by atoms with Crippen LogP contribution in [-0.4, -0.2) is 15.9 Å². The number of nitrogens with zero attached hydrogens (tertiary/aromatic N) is 2. The third-order valence-corrected chi connectivity index (χ3v) is 4.69. The minimum Gasteiger partial charge on any atom is -0.366 e. The predicted molar refractivity (Wildman–Crippen MR) is 111 cm³/mol. The molecule has 1 aromatic carbocycles. The number of amides is 1. The van der Waals surface area contributed by atoms with Crippen molar-refractivity contribution < 1.29 is 35.5 Å². The summed E-state index contributed by atoms with van der Waals surface area (Å²) >= 11 is 0. The van der Waals surface area contributed by atoms with Crippen LogP contribution in [0, 0.1) is 11.9 Å². The average Bonchev–Trinajstić information content (AvgIpc) is 2.71. The highest BCUT2D eigenvalue weighted by Gasteiger charge is 2.38. The molecule has 0 fully saturated rings. The summed E-state index contributed by atoms with van der Waals surface area (Å²) in [7, 11) is 0. The van der Waals surface area contributed by atoms with Crippen LogP contribution in [0.4, 0.5) is 30.7 Å². The number of hydrogen-bond acceptors (Lipinski definition) is 4. The van der Waals surface area contributed by atoms with Gasteiger partial charge in [0.25, 0.3) is 5.91 Å². The zero-order valence-electron chi connectivity index (χ0n) is 18.0. The number of alkyl halides is 6. The number of carbonyl (C=O) groups is 1. The van der Waals surface area contributed by atoms with Crippen molar-refractivity contribution in [1.82, 2.24) is 15.4 Å². The first-order chi connectivity index (χ1) is 15.6. The SMILES string of the molecule is C=CN(/C=C(\C(N)=O)c1ccnc(F)c1)NC(c1cc(C(F)(F)F)cc(C(F)(F)F)c1)C(C)C. The van der Waals surface area contributed by atoms with Gasteiger partial charge in [0, 0.05) is 24.7 Å². The number of hydrogen-bond donors (Lipinski definition) is 2. The van der Waals surface area contributed by atoms with E-state index in [1.165, 1.54) is 6.07 Å². The van der Waals surface area contributed by atoms with Crippen molar-refractivity contribution in [2.75, 3.05) is 0 Å². The van der Waals surface area contributed by atoms with Gasteiger partial charge in [0.05, 0.1) is 22.7 Å². The fourth-order valence-electron chi connectivity index (χ4n) is 3.06. The molecule has 1 amide bonds. The molecule has 0 radical (unpaired) electrons. The van der Waals surface area contributed by atoms with Gasteiger partial charge in [0.2, 0.25) is 5.95 Å². The van der Waals surface area contributed by atoms with Crippen LogP contribution >= 0.6 is 0 Å². The molecule has 5 nitrogen and oxygen atoms in total. The predicted octanol–water partition coefficient (Wildman–Crippen LogP) is 5.43. The second-order valence-electron chi connectivity index (χ2n) is 7.55. The molecule has 0 spiro atoms. The van der Waals surface area contributed by atoms with Gasteiger partial charge in [0.15, 0.2) is 0 Å². The lowest BCUT2D eigenvalue weighted by Gasteiger charge is -2.30. The zero-order valence-corrected chi connectivity index (χ0v) is 18.0. The van der Waals surface area contributed by atoms with Gasteiger partial charge in [-0.15, -0.1) is 0 Å². The second kappa shape index (κ2) is 10.2. The van der Waals surface area contributed by atoms with Crippen LogP contribution in [0.2, 0.25) is 0 Å². The van der Waals surface area contributed by atoms with E-state index in [0.717, 1.165) is 29.7 Å². The summed E-state index contributed by atoms with van der Waals surface area (Å²) in [4.78, 5) is 15.3. The van der Waals surface area contributed by atoms with Gasteiger partial charge in [-0.05, 0) is 41.3 Å². The number of pyridine rings is 1. The van der Waals surface area contributed by atoms with E-state index in [1.54, 1.807) is 13.8 Å². The van der Waals surface area contributed by atoms with Gasteiger partial charge < -0.3 is 5.73 Å². The summed E-state index contributed by atoms with van der Waals surface area (Å²) in [5.74, 6) is -2.39. The van der Waals surface area contributed by atoms with Crippen molar-refractivity contribution in [2.45, 2.75) is 32.2 Å². The molecule has 34 heavy (non-hydrogen) atoms. The standard InChI is InChI=1S/C22H21F7N4O/c1-4-33(11-17(20(30)34)13-5-6-31-18(23)9-13)32-19(12(2)3)14-7-15(21(24,25)26)10-16(8-14)22(27,28)29/h4-12,19,32H,1H2,2-3H3,(H2,30,34)/b17-11-. The Morgan fingerprint density at radius 3 is 2.06 bits per heavy atom. The lowest BCUT2D eigenvalue weighted by atomic mass is 9.93. The number of benzene rings is 1. The number of nitrogens with two attached hydrogens (primary N) is 1. The molecule has 2 aromatic rings. The first kappa shape index (κ1) is 26.8. The maximum Gasteiger partial charge on any atom is 0.416 e. The van der Waals surface area contributed by atoms with Crippen LogP contribution in [0.3, 0.4) is 0 Å². The van der Waals surface area contributed by atoms with Crippen molar-refractivity contribution in [3.63, 3.8) is 0 Å². The molecular formula is C22H21F7N4O. The molecule has 184 valence electrons. The normalized spacial score (nSPS) is 13.6. The molecule has 1 heterocycles. The summed E-state index contributed by atoms with van der Waals surface area (Å²) in [5, 5.41) is 1.05. The Balaban J connectivity index is 2.55. The Morgan fingerprint density at radius 2 is 1.65 bits per heavy atom. The molecule has 1 unspecified atom stereocenters. The third kappa shape index (κ3) is 6.80. The lowest BCUT2D eigenvalue weighted by Crippen LogP contribution is -2.36.